The number of hydrogen-bond acceptors (Lipinski definition) is 3. The second-order valence-electron chi connectivity index (χ2n) is 4.93. The minimum atomic E-state index is -0.541. The lowest BCUT2D eigenvalue weighted by Crippen LogP contribution is -2.43. The van der Waals surface area contributed by atoms with E-state index in [0.717, 1.165) is 25.2 Å². The Bertz CT molecular complexity index is 444. The summed E-state index contributed by atoms with van der Waals surface area (Å²) in [6.07, 6.45) is 0. The molecule has 0 aliphatic heterocycles. The number of nitrogens with one attached hydrogen (secondary N) is 1. The van der Waals surface area contributed by atoms with Gasteiger partial charge in [-0.25, -0.2) is 0 Å². The standard InChI is InChI=1S/C16H25N3O2/c1-4-19(5-2)12-11-17-15(20)16(21)18(3)13-14-9-7-6-8-10-14/h6-10H,4-5,11-13H2,1-3H3,(H,17,20). The molecule has 0 unspecified atom stereocenters. The van der Waals surface area contributed by atoms with Crippen molar-refractivity contribution in [3.8, 4) is 0 Å². The third kappa shape index (κ3) is 5.95. The third-order valence-corrected chi connectivity index (χ3v) is 3.41. The smallest absolute Gasteiger partial charge is 0.311 e. The van der Waals surface area contributed by atoms with Crippen molar-refractivity contribution in [3.05, 3.63) is 35.9 Å². The number of hydrogen-bond donors (Lipinski definition) is 1. The topological polar surface area (TPSA) is 52.7 Å². The van der Waals surface area contributed by atoms with Gasteiger partial charge in [-0.05, 0) is 18.7 Å². The van der Waals surface area contributed by atoms with Gasteiger partial charge in [0, 0.05) is 26.7 Å². The molecular weight excluding hydrogens is 266 g/mol. The Morgan fingerprint density at radius 2 is 1.71 bits per heavy atom. The zero-order valence-electron chi connectivity index (χ0n) is 13.1. The van der Waals surface area contributed by atoms with Crippen molar-refractivity contribution in [2.24, 2.45) is 0 Å². The summed E-state index contributed by atoms with van der Waals surface area (Å²) in [7, 11) is 1.64. The van der Waals surface area contributed by atoms with E-state index in [4.69, 9.17) is 0 Å². The minimum Gasteiger partial charge on any atom is -0.347 e. The van der Waals surface area contributed by atoms with E-state index >= 15 is 0 Å². The van der Waals surface area contributed by atoms with Gasteiger partial charge in [0.25, 0.3) is 0 Å². The van der Waals surface area contributed by atoms with Gasteiger partial charge in [-0.15, -0.1) is 0 Å². The Kier molecular flexibility index (Phi) is 7.46. The van der Waals surface area contributed by atoms with E-state index in [1.807, 2.05) is 30.3 Å². The summed E-state index contributed by atoms with van der Waals surface area (Å²) in [4.78, 5) is 27.4. The summed E-state index contributed by atoms with van der Waals surface area (Å²) in [6, 6.07) is 9.62. The molecule has 0 fully saturated rings. The average Bonchev–Trinajstić information content (AvgIpc) is 2.51. The molecule has 0 saturated carbocycles. The summed E-state index contributed by atoms with van der Waals surface area (Å²) in [5.74, 6) is -1.04. The summed E-state index contributed by atoms with van der Waals surface area (Å²) in [6.45, 7) is 7.71. The maximum Gasteiger partial charge on any atom is 0.311 e. The van der Waals surface area contributed by atoms with Crippen molar-refractivity contribution < 1.29 is 9.59 Å². The zero-order chi connectivity index (χ0) is 15.7. The molecule has 1 aromatic carbocycles. The van der Waals surface area contributed by atoms with Crippen molar-refractivity contribution in [1.82, 2.24) is 15.1 Å². The van der Waals surface area contributed by atoms with E-state index < -0.39 is 11.8 Å². The molecule has 0 aromatic heterocycles. The second kappa shape index (κ2) is 9.13. The van der Waals surface area contributed by atoms with Crippen molar-refractivity contribution >= 4 is 11.8 Å². The summed E-state index contributed by atoms with van der Waals surface area (Å²) < 4.78 is 0. The number of rotatable bonds is 7. The van der Waals surface area contributed by atoms with Crippen molar-refractivity contribution in [2.75, 3.05) is 33.2 Å². The lowest BCUT2D eigenvalue weighted by atomic mass is 10.2. The van der Waals surface area contributed by atoms with Crippen LogP contribution in [-0.4, -0.2) is 54.8 Å². The van der Waals surface area contributed by atoms with Crippen LogP contribution in [0.15, 0.2) is 30.3 Å². The van der Waals surface area contributed by atoms with Gasteiger partial charge in [-0.2, -0.15) is 0 Å². The highest BCUT2D eigenvalue weighted by atomic mass is 16.2. The predicted molar refractivity (Wildman–Crippen MR) is 83.7 cm³/mol. The Morgan fingerprint density at radius 3 is 2.29 bits per heavy atom. The molecule has 116 valence electrons. The second-order valence-corrected chi connectivity index (χ2v) is 4.93. The molecular formula is C16H25N3O2. The van der Waals surface area contributed by atoms with Gasteiger partial charge in [0.2, 0.25) is 0 Å². The van der Waals surface area contributed by atoms with E-state index in [-0.39, 0.29) is 0 Å². The molecule has 0 aliphatic rings. The number of likely N-dealkylation sites (N-methyl/N-ethyl adjacent to an activating group) is 2. The molecule has 0 atom stereocenters. The van der Waals surface area contributed by atoms with Crippen LogP contribution >= 0.6 is 0 Å². The van der Waals surface area contributed by atoms with Crippen LogP contribution in [0.3, 0.4) is 0 Å². The Labute approximate surface area is 126 Å². The quantitative estimate of drug-likeness (QED) is 0.766. The molecule has 5 heteroatoms. The first-order chi connectivity index (χ1) is 10.1. The number of carbonyl (C=O) groups excluding carboxylic acids is 2. The molecule has 0 aliphatic carbocycles. The predicted octanol–water partition coefficient (Wildman–Crippen LogP) is 1.10. The van der Waals surface area contributed by atoms with E-state index in [0.29, 0.717) is 13.1 Å². The van der Waals surface area contributed by atoms with Crippen LogP contribution < -0.4 is 5.32 Å². The number of benzene rings is 1. The summed E-state index contributed by atoms with van der Waals surface area (Å²) >= 11 is 0. The molecule has 1 rings (SSSR count). The van der Waals surface area contributed by atoms with Crippen molar-refractivity contribution in [2.45, 2.75) is 20.4 Å². The third-order valence-electron chi connectivity index (χ3n) is 3.41. The fourth-order valence-electron chi connectivity index (χ4n) is 2.05. The molecule has 5 nitrogen and oxygen atoms in total. The summed E-state index contributed by atoms with van der Waals surface area (Å²) in [5.41, 5.74) is 1.00. The van der Waals surface area contributed by atoms with Gasteiger partial charge in [0.05, 0.1) is 0 Å². The maximum absolute atomic E-state index is 12.0. The lowest BCUT2D eigenvalue weighted by Gasteiger charge is -2.19. The first-order valence-corrected chi connectivity index (χ1v) is 7.38. The number of nitrogens with zero attached hydrogens (tertiary/aromatic N) is 2. The molecule has 0 radical (unpaired) electrons. The van der Waals surface area contributed by atoms with E-state index in [1.165, 1.54) is 4.90 Å². The van der Waals surface area contributed by atoms with Crippen LogP contribution in [0, 0.1) is 0 Å². The molecule has 0 spiro atoms. The molecule has 2 amide bonds. The highest BCUT2D eigenvalue weighted by Crippen LogP contribution is 2.02. The molecule has 0 saturated heterocycles. The van der Waals surface area contributed by atoms with Gasteiger partial charge in [-0.3, -0.25) is 9.59 Å². The van der Waals surface area contributed by atoms with E-state index in [9.17, 15) is 9.59 Å². The zero-order valence-corrected chi connectivity index (χ0v) is 13.1. The van der Waals surface area contributed by atoms with Crippen molar-refractivity contribution in [1.29, 1.82) is 0 Å². The largest absolute Gasteiger partial charge is 0.347 e. The number of amides is 2. The van der Waals surface area contributed by atoms with Crippen molar-refractivity contribution in [3.63, 3.8) is 0 Å². The molecule has 0 bridgehead atoms. The van der Waals surface area contributed by atoms with Gasteiger partial charge < -0.3 is 15.1 Å². The molecule has 21 heavy (non-hydrogen) atoms. The van der Waals surface area contributed by atoms with Crippen LogP contribution in [0.5, 0.6) is 0 Å². The van der Waals surface area contributed by atoms with E-state index in [1.54, 1.807) is 7.05 Å². The van der Waals surface area contributed by atoms with Gasteiger partial charge in [0.15, 0.2) is 0 Å². The Balaban J connectivity index is 2.38. The Hall–Kier alpha value is -1.88. The fraction of sp³-hybridized carbons (Fsp3) is 0.500. The van der Waals surface area contributed by atoms with Gasteiger partial charge >= 0.3 is 11.8 Å². The SMILES string of the molecule is CCN(CC)CCNC(=O)C(=O)N(C)Cc1ccccc1. The van der Waals surface area contributed by atoms with Gasteiger partial charge in [0.1, 0.15) is 0 Å². The van der Waals surface area contributed by atoms with Crippen LogP contribution in [0.4, 0.5) is 0 Å². The van der Waals surface area contributed by atoms with Crippen LogP contribution in [0.25, 0.3) is 0 Å². The van der Waals surface area contributed by atoms with E-state index in [2.05, 4.69) is 24.1 Å². The molecule has 0 heterocycles. The first kappa shape index (κ1) is 17.2. The lowest BCUT2D eigenvalue weighted by molar-refractivity contribution is -0.145. The fourth-order valence-corrected chi connectivity index (χ4v) is 2.05. The Morgan fingerprint density at radius 1 is 1.10 bits per heavy atom. The highest BCUT2D eigenvalue weighted by Gasteiger charge is 2.18. The molecule has 1 N–H and O–H groups in total. The minimum absolute atomic E-state index is 0.434. The average molecular weight is 291 g/mol. The maximum atomic E-state index is 12.0. The first-order valence-electron chi connectivity index (χ1n) is 7.38. The number of carbonyl (C=O) groups is 2. The highest BCUT2D eigenvalue weighted by molar-refractivity contribution is 6.34. The molecule has 1 aromatic rings. The monoisotopic (exact) mass is 291 g/mol. The van der Waals surface area contributed by atoms with Crippen LogP contribution in [0.2, 0.25) is 0 Å². The van der Waals surface area contributed by atoms with Gasteiger partial charge in [-0.1, -0.05) is 44.2 Å². The summed E-state index contributed by atoms with van der Waals surface area (Å²) in [5, 5.41) is 2.68. The van der Waals surface area contributed by atoms with Crippen LogP contribution in [-0.2, 0) is 16.1 Å². The van der Waals surface area contributed by atoms with Crippen LogP contribution in [0.1, 0.15) is 19.4 Å². The normalized spacial score (nSPS) is 10.5.